The Hall–Kier alpha value is -1.84. The lowest BCUT2D eigenvalue weighted by Crippen LogP contribution is -2.05. The molecule has 0 saturated carbocycles. The van der Waals surface area contributed by atoms with Gasteiger partial charge in [-0.15, -0.1) is 0 Å². The van der Waals surface area contributed by atoms with Crippen molar-refractivity contribution < 1.29 is 14.6 Å². The maximum Gasteiger partial charge on any atom is 0.309 e. The summed E-state index contributed by atoms with van der Waals surface area (Å²) in [6, 6.07) is 3.42. The summed E-state index contributed by atoms with van der Waals surface area (Å²) in [7, 11) is 0. The SMILES string of the molecule is C/C=C(\C)Oc1cccnc1CC(=O)O. The van der Waals surface area contributed by atoms with E-state index in [2.05, 4.69) is 4.98 Å². The number of ether oxygens (including phenoxy) is 1. The monoisotopic (exact) mass is 207 g/mol. The van der Waals surface area contributed by atoms with Crippen molar-refractivity contribution >= 4 is 5.97 Å². The van der Waals surface area contributed by atoms with Crippen LogP contribution in [0.5, 0.6) is 5.75 Å². The number of allylic oxidation sites excluding steroid dienone is 2. The van der Waals surface area contributed by atoms with Gasteiger partial charge in [0.05, 0.1) is 17.9 Å². The highest BCUT2D eigenvalue weighted by molar-refractivity contribution is 5.70. The van der Waals surface area contributed by atoms with Crippen LogP contribution in [0.2, 0.25) is 0 Å². The van der Waals surface area contributed by atoms with E-state index in [0.29, 0.717) is 11.4 Å². The second-order valence-electron chi connectivity index (χ2n) is 3.02. The Morgan fingerprint density at radius 3 is 3.00 bits per heavy atom. The van der Waals surface area contributed by atoms with E-state index in [0.717, 1.165) is 5.76 Å². The average molecular weight is 207 g/mol. The molecule has 0 aliphatic heterocycles. The smallest absolute Gasteiger partial charge is 0.309 e. The summed E-state index contributed by atoms with van der Waals surface area (Å²) in [6.45, 7) is 3.65. The third-order valence-electron chi connectivity index (χ3n) is 1.84. The molecule has 0 bridgehead atoms. The Bertz CT molecular complexity index is 385. The van der Waals surface area contributed by atoms with E-state index in [1.807, 2.05) is 6.92 Å². The Kier molecular flexibility index (Phi) is 3.85. The van der Waals surface area contributed by atoms with Gasteiger partial charge in [0.1, 0.15) is 5.75 Å². The quantitative estimate of drug-likeness (QED) is 0.767. The zero-order valence-corrected chi connectivity index (χ0v) is 8.73. The molecule has 0 fully saturated rings. The number of carboxylic acid groups (broad SMARTS) is 1. The molecule has 0 amide bonds. The second kappa shape index (κ2) is 5.14. The summed E-state index contributed by atoms with van der Waals surface area (Å²) >= 11 is 0. The Morgan fingerprint density at radius 1 is 1.67 bits per heavy atom. The molecule has 0 saturated heterocycles. The number of carboxylic acids is 1. The molecule has 1 rings (SSSR count). The number of hydrogen-bond donors (Lipinski definition) is 1. The molecule has 4 nitrogen and oxygen atoms in total. The normalized spacial score (nSPS) is 11.2. The maximum absolute atomic E-state index is 10.6. The highest BCUT2D eigenvalue weighted by Gasteiger charge is 2.09. The van der Waals surface area contributed by atoms with Crippen molar-refractivity contribution in [3.8, 4) is 5.75 Å². The van der Waals surface area contributed by atoms with Gasteiger partial charge in [-0.25, -0.2) is 0 Å². The van der Waals surface area contributed by atoms with E-state index in [-0.39, 0.29) is 6.42 Å². The molecule has 4 heteroatoms. The van der Waals surface area contributed by atoms with Crippen molar-refractivity contribution in [2.75, 3.05) is 0 Å². The first-order valence-corrected chi connectivity index (χ1v) is 4.60. The molecule has 0 radical (unpaired) electrons. The molecule has 1 heterocycles. The van der Waals surface area contributed by atoms with Crippen LogP contribution in [-0.4, -0.2) is 16.1 Å². The third kappa shape index (κ3) is 3.42. The van der Waals surface area contributed by atoms with Crippen molar-refractivity contribution in [2.45, 2.75) is 20.3 Å². The Morgan fingerprint density at radius 2 is 2.40 bits per heavy atom. The summed E-state index contributed by atoms with van der Waals surface area (Å²) in [5.74, 6) is 0.293. The van der Waals surface area contributed by atoms with E-state index in [1.54, 1.807) is 31.3 Å². The summed E-state index contributed by atoms with van der Waals surface area (Å²) in [4.78, 5) is 14.5. The molecule has 0 aliphatic carbocycles. The highest BCUT2D eigenvalue weighted by atomic mass is 16.5. The van der Waals surface area contributed by atoms with Crippen molar-refractivity contribution in [3.05, 3.63) is 35.9 Å². The van der Waals surface area contributed by atoms with Gasteiger partial charge >= 0.3 is 5.97 Å². The highest BCUT2D eigenvalue weighted by Crippen LogP contribution is 2.18. The lowest BCUT2D eigenvalue weighted by molar-refractivity contribution is -0.136. The predicted octanol–water partition coefficient (Wildman–Crippen LogP) is 2.01. The number of rotatable bonds is 4. The van der Waals surface area contributed by atoms with Crippen LogP contribution in [0.1, 0.15) is 19.5 Å². The van der Waals surface area contributed by atoms with Gasteiger partial charge in [-0.05, 0) is 32.1 Å². The average Bonchev–Trinajstić information content (AvgIpc) is 2.20. The van der Waals surface area contributed by atoms with Gasteiger partial charge in [0, 0.05) is 6.20 Å². The van der Waals surface area contributed by atoms with Gasteiger partial charge in [0.2, 0.25) is 0 Å². The Balaban J connectivity index is 2.91. The summed E-state index contributed by atoms with van der Waals surface area (Å²) in [5.41, 5.74) is 0.436. The molecular weight excluding hydrogens is 194 g/mol. The lowest BCUT2D eigenvalue weighted by Gasteiger charge is -2.08. The van der Waals surface area contributed by atoms with Crippen molar-refractivity contribution in [1.29, 1.82) is 0 Å². The van der Waals surface area contributed by atoms with Crippen LogP contribution >= 0.6 is 0 Å². The second-order valence-corrected chi connectivity index (χ2v) is 3.02. The number of pyridine rings is 1. The largest absolute Gasteiger partial charge is 0.481 e. The first-order chi connectivity index (χ1) is 7.13. The zero-order valence-electron chi connectivity index (χ0n) is 8.73. The predicted molar refractivity (Wildman–Crippen MR) is 55.6 cm³/mol. The number of nitrogens with zero attached hydrogens (tertiary/aromatic N) is 1. The van der Waals surface area contributed by atoms with E-state index < -0.39 is 5.97 Å². The van der Waals surface area contributed by atoms with E-state index >= 15 is 0 Å². The minimum absolute atomic E-state index is 0.132. The molecule has 15 heavy (non-hydrogen) atoms. The first kappa shape index (κ1) is 11.2. The molecule has 0 unspecified atom stereocenters. The van der Waals surface area contributed by atoms with Crippen LogP contribution in [0, 0.1) is 0 Å². The van der Waals surface area contributed by atoms with Crippen LogP contribution in [0.3, 0.4) is 0 Å². The fourth-order valence-electron chi connectivity index (χ4n) is 1.02. The van der Waals surface area contributed by atoms with Gasteiger partial charge in [-0.3, -0.25) is 9.78 Å². The van der Waals surface area contributed by atoms with E-state index in [4.69, 9.17) is 9.84 Å². The molecular formula is C11H13NO3. The zero-order chi connectivity index (χ0) is 11.3. The number of hydrogen-bond acceptors (Lipinski definition) is 3. The van der Waals surface area contributed by atoms with Crippen LogP contribution < -0.4 is 4.74 Å². The standard InChI is InChI=1S/C11H13NO3/c1-3-8(2)15-10-5-4-6-12-9(10)7-11(13)14/h3-6H,7H2,1-2H3,(H,13,14)/b8-3+. The minimum atomic E-state index is -0.920. The molecule has 0 aromatic carbocycles. The number of aliphatic carboxylic acids is 1. The minimum Gasteiger partial charge on any atom is -0.481 e. The summed E-state index contributed by atoms with van der Waals surface area (Å²) in [6.07, 6.45) is 3.22. The summed E-state index contributed by atoms with van der Waals surface area (Å²) < 4.78 is 5.43. The van der Waals surface area contributed by atoms with Crippen molar-refractivity contribution in [3.63, 3.8) is 0 Å². The molecule has 1 aromatic rings. The maximum atomic E-state index is 10.6. The molecule has 0 spiro atoms. The van der Waals surface area contributed by atoms with Gasteiger partial charge in [0.15, 0.2) is 0 Å². The molecule has 80 valence electrons. The number of aromatic nitrogens is 1. The Labute approximate surface area is 88.2 Å². The van der Waals surface area contributed by atoms with Crippen LogP contribution in [0.15, 0.2) is 30.2 Å². The molecule has 0 aliphatic rings. The lowest BCUT2D eigenvalue weighted by atomic mass is 10.2. The van der Waals surface area contributed by atoms with Crippen LogP contribution in [-0.2, 0) is 11.2 Å². The van der Waals surface area contributed by atoms with Gasteiger partial charge in [0.25, 0.3) is 0 Å². The molecule has 1 aromatic heterocycles. The van der Waals surface area contributed by atoms with Crippen molar-refractivity contribution in [2.24, 2.45) is 0 Å². The summed E-state index contributed by atoms with van der Waals surface area (Å²) in [5, 5.41) is 8.67. The first-order valence-electron chi connectivity index (χ1n) is 4.60. The van der Waals surface area contributed by atoms with Crippen molar-refractivity contribution in [1.82, 2.24) is 4.98 Å². The fraction of sp³-hybridized carbons (Fsp3) is 0.273. The fourth-order valence-corrected chi connectivity index (χ4v) is 1.02. The van der Waals surface area contributed by atoms with Gasteiger partial charge < -0.3 is 9.84 Å². The molecule has 0 atom stereocenters. The van der Waals surface area contributed by atoms with Gasteiger partial charge in [-0.2, -0.15) is 0 Å². The number of carbonyl (C=O) groups is 1. The topological polar surface area (TPSA) is 59.4 Å². The van der Waals surface area contributed by atoms with Crippen LogP contribution in [0.25, 0.3) is 0 Å². The van der Waals surface area contributed by atoms with E-state index in [1.165, 1.54) is 0 Å². The van der Waals surface area contributed by atoms with E-state index in [9.17, 15) is 4.79 Å². The molecule has 1 N–H and O–H groups in total. The third-order valence-corrected chi connectivity index (χ3v) is 1.84. The van der Waals surface area contributed by atoms with Crippen LogP contribution in [0.4, 0.5) is 0 Å². The van der Waals surface area contributed by atoms with Gasteiger partial charge in [-0.1, -0.05) is 0 Å².